The number of carbonyl (C=O) groups is 2. The van der Waals surface area contributed by atoms with E-state index >= 15 is 0 Å². The monoisotopic (exact) mass is 376 g/mol. The minimum absolute atomic E-state index is 0.0279. The Bertz CT molecular complexity index is 747. The van der Waals surface area contributed by atoms with Gasteiger partial charge in [-0.1, -0.05) is 41.9 Å². The predicted octanol–water partition coefficient (Wildman–Crippen LogP) is 3.45. The van der Waals surface area contributed by atoms with Crippen molar-refractivity contribution in [1.29, 1.82) is 0 Å². The Kier molecular flexibility index (Phi) is 5.76. The molecule has 1 aromatic heterocycles. The fraction of sp³-hybridized carbons (Fsp3) is 0.368. The van der Waals surface area contributed by atoms with E-state index in [2.05, 4.69) is 12.1 Å². The van der Waals surface area contributed by atoms with Crippen molar-refractivity contribution in [3.05, 3.63) is 57.2 Å². The van der Waals surface area contributed by atoms with Crippen LogP contribution in [0.4, 0.5) is 0 Å². The topological polar surface area (TPSA) is 40.6 Å². The first kappa shape index (κ1) is 18.0. The Labute approximate surface area is 157 Å². The van der Waals surface area contributed by atoms with Crippen LogP contribution in [-0.2, 0) is 22.6 Å². The summed E-state index contributed by atoms with van der Waals surface area (Å²) in [5.41, 5.74) is 1.21. The molecule has 1 unspecified atom stereocenters. The van der Waals surface area contributed by atoms with E-state index in [4.69, 9.17) is 11.6 Å². The van der Waals surface area contributed by atoms with Crippen LogP contribution in [0.2, 0.25) is 4.34 Å². The van der Waals surface area contributed by atoms with Gasteiger partial charge in [0.1, 0.15) is 0 Å². The lowest BCUT2D eigenvalue weighted by Crippen LogP contribution is -2.34. The quantitative estimate of drug-likeness (QED) is 0.774. The molecule has 2 heterocycles. The van der Waals surface area contributed by atoms with Gasteiger partial charge in [-0.3, -0.25) is 9.59 Å². The molecule has 25 heavy (non-hydrogen) atoms. The SMILES string of the molecule is CN(Cc1ccc(Cl)s1)C(=O)C1CC(=O)N(CCc2ccccc2)C1. The zero-order chi connectivity index (χ0) is 17.8. The summed E-state index contributed by atoms with van der Waals surface area (Å²) in [6.07, 6.45) is 1.13. The number of thiophene rings is 1. The Hall–Kier alpha value is -1.85. The van der Waals surface area contributed by atoms with Crippen LogP contribution < -0.4 is 0 Å². The summed E-state index contributed by atoms with van der Waals surface area (Å²) >= 11 is 7.41. The molecular formula is C19H21ClN2O2S. The number of amides is 2. The Morgan fingerprint density at radius 2 is 2.04 bits per heavy atom. The molecule has 6 heteroatoms. The highest BCUT2D eigenvalue weighted by molar-refractivity contribution is 7.16. The lowest BCUT2D eigenvalue weighted by atomic mass is 10.1. The van der Waals surface area contributed by atoms with Crippen LogP contribution in [0.25, 0.3) is 0 Å². The summed E-state index contributed by atoms with van der Waals surface area (Å²) < 4.78 is 0.721. The maximum absolute atomic E-state index is 12.6. The van der Waals surface area contributed by atoms with E-state index in [9.17, 15) is 9.59 Å². The Morgan fingerprint density at radius 3 is 2.72 bits per heavy atom. The highest BCUT2D eigenvalue weighted by atomic mass is 35.5. The minimum Gasteiger partial charge on any atom is -0.342 e. The molecular weight excluding hydrogens is 356 g/mol. The Morgan fingerprint density at radius 1 is 1.28 bits per heavy atom. The first-order valence-corrected chi connectivity index (χ1v) is 9.53. The van der Waals surface area contributed by atoms with E-state index < -0.39 is 0 Å². The van der Waals surface area contributed by atoms with Crippen LogP contribution in [0.5, 0.6) is 0 Å². The molecule has 0 aliphatic carbocycles. The summed E-state index contributed by atoms with van der Waals surface area (Å²) in [7, 11) is 1.78. The average molecular weight is 377 g/mol. The molecule has 3 rings (SSSR count). The largest absolute Gasteiger partial charge is 0.342 e. The number of hydrogen-bond acceptors (Lipinski definition) is 3. The van der Waals surface area contributed by atoms with E-state index in [0.717, 1.165) is 15.6 Å². The highest BCUT2D eigenvalue weighted by Gasteiger charge is 2.35. The number of rotatable bonds is 6. The van der Waals surface area contributed by atoms with Crippen molar-refractivity contribution >= 4 is 34.8 Å². The van der Waals surface area contributed by atoms with Gasteiger partial charge < -0.3 is 9.80 Å². The molecule has 4 nitrogen and oxygen atoms in total. The second kappa shape index (κ2) is 8.02. The van der Waals surface area contributed by atoms with Gasteiger partial charge in [-0.05, 0) is 24.1 Å². The maximum atomic E-state index is 12.6. The third kappa shape index (κ3) is 4.61. The van der Waals surface area contributed by atoms with Gasteiger partial charge in [0.15, 0.2) is 0 Å². The van der Waals surface area contributed by atoms with Gasteiger partial charge >= 0.3 is 0 Å². The van der Waals surface area contributed by atoms with Gasteiger partial charge in [-0.15, -0.1) is 11.3 Å². The first-order valence-electron chi connectivity index (χ1n) is 8.34. The van der Waals surface area contributed by atoms with E-state index in [1.54, 1.807) is 11.9 Å². The predicted molar refractivity (Wildman–Crippen MR) is 101 cm³/mol. The number of benzene rings is 1. The van der Waals surface area contributed by atoms with Crippen LogP contribution in [-0.4, -0.2) is 41.8 Å². The van der Waals surface area contributed by atoms with Crippen molar-refractivity contribution in [2.45, 2.75) is 19.4 Å². The molecule has 1 fully saturated rings. The molecule has 1 aromatic carbocycles. The van der Waals surface area contributed by atoms with Crippen LogP contribution in [0, 0.1) is 5.92 Å². The zero-order valence-electron chi connectivity index (χ0n) is 14.2. The molecule has 2 amide bonds. The van der Waals surface area contributed by atoms with Crippen LogP contribution in [0.15, 0.2) is 42.5 Å². The third-order valence-corrected chi connectivity index (χ3v) is 5.69. The second-order valence-electron chi connectivity index (χ2n) is 6.38. The summed E-state index contributed by atoms with van der Waals surface area (Å²) in [6.45, 7) is 1.71. The lowest BCUT2D eigenvalue weighted by Gasteiger charge is -2.21. The van der Waals surface area contributed by atoms with Gasteiger partial charge in [0.25, 0.3) is 0 Å². The first-order chi connectivity index (χ1) is 12.0. The second-order valence-corrected chi connectivity index (χ2v) is 8.18. The van der Waals surface area contributed by atoms with Gasteiger partial charge in [-0.2, -0.15) is 0 Å². The molecule has 0 N–H and O–H groups in total. The molecule has 1 aliphatic heterocycles. The number of likely N-dealkylation sites (tertiary alicyclic amines) is 1. The maximum Gasteiger partial charge on any atom is 0.228 e. The van der Waals surface area contributed by atoms with Crippen molar-refractivity contribution < 1.29 is 9.59 Å². The fourth-order valence-corrected chi connectivity index (χ4v) is 4.26. The molecule has 1 atom stereocenters. The number of halogens is 1. The summed E-state index contributed by atoms with van der Waals surface area (Å²) in [5, 5.41) is 0. The fourth-order valence-electron chi connectivity index (χ4n) is 3.12. The lowest BCUT2D eigenvalue weighted by molar-refractivity contribution is -0.135. The van der Waals surface area contributed by atoms with Gasteiger partial charge in [0.2, 0.25) is 11.8 Å². The highest BCUT2D eigenvalue weighted by Crippen LogP contribution is 2.25. The third-order valence-electron chi connectivity index (χ3n) is 4.48. The summed E-state index contributed by atoms with van der Waals surface area (Å²) in [4.78, 5) is 29.4. The van der Waals surface area contributed by atoms with E-state index in [0.29, 0.717) is 26.1 Å². The molecule has 0 bridgehead atoms. The van der Waals surface area contributed by atoms with Crippen LogP contribution >= 0.6 is 22.9 Å². The van der Waals surface area contributed by atoms with Gasteiger partial charge in [0, 0.05) is 31.4 Å². The van der Waals surface area contributed by atoms with Crippen molar-refractivity contribution in [3.63, 3.8) is 0 Å². The molecule has 0 radical (unpaired) electrons. The molecule has 0 saturated carbocycles. The van der Waals surface area contributed by atoms with E-state index in [1.165, 1.54) is 16.9 Å². The van der Waals surface area contributed by atoms with Gasteiger partial charge in [-0.25, -0.2) is 0 Å². The number of nitrogens with zero attached hydrogens (tertiary/aromatic N) is 2. The van der Waals surface area contributed by atoms with Crippen molar-refractivity contribution in [2.24, 2.45) is 5.92 Å². The summed E-state index contributed by atoms with van der Waals surface area (Å²) in [6, 6.07) is 13.9. The molecule has 132 valence electrons. The van der Waals surface area contributed by atoms with Crippen molar-refractivity contribution in [3.8, 4) is 0 Å². The Balaban J connectivity index is 1.53. The summed E-state index contributed by atoms with van der Waals surface area (Å²) in [5.74, 6) is -0.148. The average Bonchev–Trinajstić information content (AvgIpc) is 3.18. The molecule has 1 aliphatic rings. The van der Waals surface area contributed by atoms with E-state index in [-0.39, 0.29) is 17.7 Å². The standard InChI is InChI=1S/C19H21ClN2O2S/c1-21(13-16-7-8-17(20)25-16)19(24)15-11-18(23)22(12-15)10-9-14-5-3-2-4-6-14/h2-8,15H,9-13H2,1H3. The van der Waals surface area contributed by atoms with Crippen molar-refractivity contribution in [2.75, 3.05) is 20.1 Å². The van der Waals surface area contributed by atoms with Crippen LogP contribution in [0.3, 0.4) is 0 Å². The normalized spacial score (nSPS) is 17.1. The molecule has 1 saturated heterocycles. The molecule has 2 aromatic rings. The zero-order valence-corrected chi connectivity index (χ0v) is 15.7. The van der Waals surface area contributed by atoms with E-state index in [1.807, 2.05) is 35.2 Å². The van der Waals surface area contributed by atoms with Crippen LogP contribution in [0.1, 0.15) is 16.9 Å². The molecule has 0 spiro atoms. The number of carbonyl (C=O) groups excluding carboxylic acids is 2. The van der Waals surface area contributed by atoms with Gasteiger partial charge in [0.05, 0.1) is 16.8 Å². The minimum atomic E-state index is -0.247. The number of hydrogen-bond donors (Lipinski definition) is 0. The van der Waals surface area contributed by atoms with Crippen molar-refractivity contribution in [1.82, 2.24) is 9.80 Å². The smallest absolute Gasteiger partial charge is 0.228 e.